The molecule has 1 aliphatic rings. The molecule has 1 heterocycles. The van der Waals surface area contributed by atoms with Gasteiger partial charge in [-0.3, -0.25) is 4.90 Å². The molecule has 0 bridgehead atoms. The first-order chi connectivity index (χ1) is 10.7. The first kappa shape index (κ1) is 19.0. The van der Waals surface area contributed by atoms with E-state index in [0.29, 0.717) is 6.04 Å². The van der Waals surface area contributed by atoms with E-state index >= 15 is 0 Å². The zero-order valence-corrected chi connectivity index (χ0v) is 15.2. The van der Waals surface area contributed by atoms with E-state index in [1.807, 2.05) is 6.08 Å². The van der Waals surface area contributed by atoms with Gasteiger partial charge in [-0.25, -0.2) is 0 Å². The van der Waals surface area contributed by atoms with Crippen molar-refractivity contribution in [3.63, 3.8) is 0 Å². The Bertz CT molecular complexity index is 425. The van der Waals surface area contributed by atoms with Crippen molar-refractivity contribution < 1.29 is 0 Å². The average Bonchev–Trinajstić information content (AvgIpc) is 2.92. The Labute approximate surface area is 138 Å². The van der Waals surface area contributed by atoms with Gasteiger partial charge >= 0.3 is 0 Å². The summed E-state index contributed by atoms with van der Waals surface area (Å²) in [6.07, 6.45) is 16.3. The molecule has 0 N–H and O–H groups in total. The Morgan fingerprint density at radius 2 is 2.09 bits per heavy atom. The van der Waals surface area contributed by atoms with Gasteiger partial charge in [-0.15, -0.1) is 0 Å². The molecule has 1 nitrogen and oxygen atoms in total. The van der Waals surface area contributed by atoms with E-state index in [4.69, 9.17) is 0 Å². The topological polar surface area (TPSA) is 3.24 Å². The second-order valence-corrected chi connectivity index (χ2v) is 6.16. The summed E-state index contributed by atoms with van der Waals surface area (Å²) < 4.78 is 0. The molecule has 1 heteroatoms. The summed E-state index contributed by atoms with van der Waals surface area (Å²) in [6, 6.07) is 0.671. The van der Waals surface area contributed by atoms with Crippen molar-refractivity contribution in [2.75, 3.05) is 13.1 Å². The van der Waals surface area contributed by atoms with Crippen LogP contribution in [0.1, 0.15) is 66.2 Å². The van der Waals surface area contributed by atoms with Crippen LogP contribution in [-0.4, -0.2) is 24.0 Å². The van der Waals surface area contributed by atoms with E-state index in [-0.39, 0.29) is 0 Å². The Kier molecular flexibility index (Phi) is 9.15. The minimum absolute atomic E-state index is 0.671. The summed E-state index contributed by atoms with van der Waals surface area (Å²) in [6.45, 7) is 15.3. The van der Waals surface area contributed by atoms with Crippen LogP contribution in [0.25, 0.3) is 0 Å². The van der Waals surface area contributed by atoms with E-state index < -0.39 is 0 Å². The standard InChI is InChI=1S/C21H35N/c1-6-11-12-18(8-3)19(9-4)13-14-20-15-17-22(16-7-2)21(20)10-5/h8-9,12,15,21H,3,6-7,10-11,13-14,16-17H2,1-2,4-5H3/b18-12-,19-9-. The lowest BCUT2D eigenvalue weighted by Crippen LogP contribution is -2.32. The molecule has 1 unspecified atom stereocenters. The van der Waals surface area contributed by atoms with E-state index in [0.717, 1.165) is 19.4 Å². The third-order valence-electron chi connectivity index (χ3n) is 4.63. The Morgan fingerprint density at radius 3 is 2.64 bits per heavy atom. The summed E-state index contributed by atoms with van der Waals surface area (Å²) in [5, 5.41) is 0. The number of hydrogen-bond donors (Lipinski definition) is 0. The van der Waals surface area contributed by atoms with Crippen LogP contribution in [0.4, 0.5) is 0 Å². The van der Waals surface area contributed by atoms with Crippen molar-refractivity contribution >= 4 is 0 Å². The molecular formula is C21H35N. The monoisotopic (exact) mass is 301 g/mol. The number of unbranched alkanes of at least 4 members (excludes halogenated alkanes) is 1. The first-order valence-corrected chi connectivity index (χ1v) is 9.12. The fourth-order valence-electron chi connectivity index (χ4n) is 3.44. The van der Waals surface area contributed by atoms with Crippen molar-refractivity contribution in [3.8, 4) is 0 Å². The van der Waals surface area contributed by atoms with Gasteiger partial charge in [0.25, 0.3) is 0 Å². The number of hydrogen-bond acceptors (Lipinski definition) is 1. The fraction of sp³-hybridized carbons (Fsp3) is 0.619. The highest BCUT2D eigenvalue weighted by Gasteiger charge is 2.24. The second-order valence-electron chi connectivity index (χ2n) is 6.16. The molecule has 0 aromatic carbocycles. The predicted molar refractivity (Wildman–Crippen MR) is 100 cm³/mol. The maximum Gasteiger partial charge on any atom is 0.0308 e. The van der Waals surface area contributed by atoms with Gasteiger partial charge in [0.15, 0.2) is 0 Å². The molecule has 22 heavy (non-hydrogen) atoms. The molecule has 1 rings (SSSR count). The van der Waals surface area contributed by atoms with E-state index in [1.54, 1.807) is 5.57 Å². The molecule has 0 saturated carbocycles. The smallest absolute Gasteiger partial charge is 0.0308 e. The highest BCUT2D eigenvalue weighted by atomic mass is 15.2. The van der Waals surface area contributed by atoms with Crippen LogP contribution in [0.15, 0.2) is 47.6 Å². The van der Waals surface area contributed by atoms with Crippen LogP contribution in [0.3, 0.4) is 0 Å². The van der Waals surface area contributed by atoms with Crippen LogP contribution >= 0.6 is 0 Å². The van der Waals surface area contributed by atoms with Gasteiger partial charge in [0, 0.05) is 12.6 Å². The summed E-state index contributed by atoms with van der Waals surface area (Å²) in [7, 11) is 0. The molecule has 0 amide bonds. The van der Waals surface area contributed by atoms with E-state index in [1.165, 1.54) is 43.4 Å². The molecular weight excluding hydrogens is 266 g/mol. The summed E-state index contributed by atoms with van der Waals surface area (Å²) in [5.41, 5.74) is 4.43. The van der Waals surface area contributed by atoms with Crippen molar-refractivity contribution in [3.05, 3.63) is 47.6 Å². The molecule has 0 spiro atoms. The molecule has 1 aliphatic heterocycles. The number of allylic oxidation sites excluding steroid dienone is 5. The molecule has 0 radical (unpaired) electrons. The van der Waals surface area contributed by atoms with Gasteiger partial charge < -0.3 is 0 Å². The maximum absolute atomic E-state index is 4.00. The van der Waals surface area contributed by atoms with Gasteiger partial charge in [-0.2, -0.15) is 0 Å². The SMILES string of the molecule is C=CC(=C/CCC)/C(=C\C)CCC1=CCN(CCC)C1CC. The molecule has 1 atom stereocenters. The molecule has 0 aromatic heterocycles. The van der Waals surface area contributed by atoms with Gasteiger partial charge in [-0.05, 0) is 56.7 Å². The molecule has 0 aromatic rings. The van der Waals surface area contributed by atoms with Crippen molar-refractivity contribution in [1.29, 1.82) is 0 Å². The minimum atomic E-state index is 0.671. The largest absolute Gasteiger partial charge is 0.293 e. The van der Waals surface area contributed by atoms with Crippen LogP contribution < -0.4 is 0 Å². The minimum Gasteiger partial charge on any atom is -0.293 e. The van der Waals surface area contributed by atoms with Gasteiger partial charge in [-0.1, -0.05) is 63.6 Å². The predicted octanol–water partition coefficient (Wildman–Crippen LogP) is 6.06. The van der Waals surface area contributed by atoms with E-state index in [9.17, 15) is 0 Å². The zero-order valence-electron chi connectivity index (χ0n) is 15.2. The average molecular weight is 302 g/mol. The highest BCUT2D eigenvalue weighted by molar-refractivity contribution is 5.39. The third-order valence-corrected chi connectivity index (χ3v) is 4.63. The maximum atomic E-state index is 4.00. The normalized spacial score (nSPS) is 20.4. The van der Waals surface area contributed by atoms with Crippen molar-refractivity contribution in [1.82, 2.24) is 4.90 Å². The molecule has 0 fully saturated rings. The molecule has 124 valence electrons. The zero-order chi connectivity index (χ0) is 16.4. The van der Waals surface area contributed by atoms with Gasteiger partial charge in [0.05, 0.1) is 0 Å². The van der Waals surface area contributed by atoms with Crippen LogP contribution in [0.2, 0.25) is 0 Å². The quantitative estimate of drug-likeness (QED) is 0.350. The van der Waals surface area contributed by atoms with Crippen LogP contribution in [-0.2, 0) is 0 Å². The molecule has 0 aliphatic carbocycles. The Morgan fingerprint density at radius 1 is 1.32 bits per heavy atom. The summed E-state index contributed by atoms with van der Waals surface area (Å²) >= 11 is 0. The lowest BCUT2D eigenvalue weighted by molar-refractivity contribution is 0.257. The summed E-state index contributed by atoms with van der Waals surface area (Å²) in [5.74, 6) is 0. The van der Waals surface area contributed by atoms with Gasteiger partial charge in [0.1, 0.15) is 0 Å². The van der Waals surface area contributed by atoms with Crippen molar-refractivity contribution in [2.24, 2.45) is 0 Å². The molecule has 0 saturated heterocycles. The second kappa shape index (κ2) is 10.6. The number of rotatable bonds is 10. The fourth-order valence-corrected chi connectivity index (χ4v) is 3.44. The number of nitrogens with zero attached hydrogens (tertiary/aromatic N) is 1. The lowest BCUT2D eigenvalue weighted by atomic mass is 9.94. The first-order valence-electron chi connectivity index (χ1n) is 9.12. The van der Waals surface area contributed by atoms with Crippen LogP contribution in [0.5, 0.6) is 0 Å². The van der Waals surface area contributed by atoms with Crippen molar-refractivity contribution in [2.45, 2.75) is 72.3 Å². The van der Waals surface area contributed by atoms with Gasteiger partial charge in [0.2, 0.25) is 0 Å². The lowest BCUT2D eigenvalue weighted by Gasteiger charge is -2.26. The van der Waals surface area contributed by atoms with E-state index in [2.05, 4.69) is 57.4 Å². The summed E-state index contributed by atoms with van der Waals surface area (Å²) in [4.78, 5) is 2.63. The third kappa shape index (κ3) is 5.28. The Balaban J connectivity index is 2.65. The van der Waals surface area contributed by atoms with Crippen LogP contribution in [0, 0.1) is 0 Å². The Hall–Kier alpha value is -1.08. The highest BCUT2D eigenvalue weighted by Crippen LogP contribution is 2.28.